The van der Waals surface area contributed by atoms with Crippen LogP contribution in [0.5, 0.6) is 0 Å². The van der Waals surface area contributed by atoms with Gasteiger partial charge in [-0.3, -0.25) is 23.8 Å². The number of anilines is 1. The summed E-state index contributed by atoms with van der Waals surface area (Å²) in [4.78, 5) is 38.7. The first-order valence-electron chi connectivity index (χ1n) is 12.7. The third-order valence-electron chi connectivity index (χ3n) is 7.12. The van der Waals surface area contributed by atoms with Crippen molar-refractivity contribution >= 4 is 51.7 Å². The molecule has 0 spiro atoms. The van der Waals surface area contributed by atoms with E-state index >= 15 is 0 Å². The van der Waals surface area contributed by atoms with Crippen LogP contribution in [0, 0.1) is 6.92 Å². The summed E-state index contributed by atoms with van der Waals surface area (Å²) in [5.41, 5.74) is 3.11. The quantitative estimate of drug-likeness (QED) is 0.345. The minimum atomic E-state index is -0.177. The molecule has 1 aromatic carbocycles. The standard InChI is InChI=1S/C28H31N5O2S2/c1-4-20(3)33-27(35)23(37-28(33)36)17-22-25(29-24-19(2)9-8-12-32(24)26(22)34)31-15-13-30(14-16-31)18-21-10-6-5-7-11-21/h5-12,17,20H,4,13-16,18H2,1-3H3/b23-17+. The van der Waals surface area contributed by atoms with Crippen molar-refractivity contribution in [2.24, 2.45) is 0 Å². The highest BCUT2D eigenvalue weighted by atomic mass is 32.2. The minimum Gasteiger partial charge on any atom is -0.353 e. The van der Waals surface area contributed by atoms with Gasteiger partial charge in [0.05, 0.1) is 10.5 Å². The maximum atomic E-state index is 13.8. The van der Waals surface area contributed by atoms with Crippen molar-refractivity contribution in [1.29, 1.82) is 0 Å². The topological polar surface area (TPSA) is 61.2 Å². The van der Waals surface area contributed by atoms with E-state index < -0.39 is 0 Å². The summed E-state index contributed by atoms with van der Waals surface area (Å²) in [6.45, 7) is 10.1. The Morgan fingerprint density at radius 2 is 1.81 bits per heavy atom. The zero-order chi connectivity index (χ0) is 26.1. The van der Waals surface area contributed by atoms with Gasteiger partial charge in [-0.15, -0.1) is 0 Å². The Hall–Kier alpha value is -3.01. The van der Waals surface area contributed by atoms with Crippen LogP contribution < -0.4 is 10.5 Å². The summed E-state index contributed by atoms with van der Waals surface area (Å²) < 4.78 is 2.11. The zero-order valence-corrected chi connectivity index (χ0v) is 23.0. The van der Waals surface area contributed by atoms with Crippen molar-refractivity contribution in [2.75, 3.05) is 31.1 Å². The largest absolute Gasteiger partial charge is 0.353 e. The second-order valence-corrected chi connectivity index (χ2v) is 11.3. The maximum absolute atomic E-state index is 13.8. The van der Waals surface area contributed by atoms with Gasteiger partial charge >= 0.3 is 0 Å². The number of fused-ring (bicyclic) bond motifs is 1. The van der Waals surface area contributed by atoms with E-state index in [1.165, 1.54) is 17.3 Å². The molecule has 2 fully saturated rings. The number of hydrogen-bond acceptors (Lipinski definition) is 7. The molecule has 1 amide bonds. The Labute approximate surface area is 226 Å². The number of thioether (sulfide) groups is 1. The third-order valence-corrected chi connectivity index (χ3v) is 8.45. The lowest BCUT2D eigenvalue weighted by Gasteiger charge is -2.36. The average molecular weight is 534 g/mol. The van der Waals surface area contributed by atoms with Crippen molar-refractivity contribution < 1.29 is 4.79 Å². The second-order valence-electron chi connectivity index (χ2n) is 9.60. The van der Waals surface area contributed by atoms with Gasteiger partial charge < -0.3 is 4.90 Å². The number of piperazine rings is 1. The smallest absolute Gasteiger partial charge is 0.267 e. The lowest BCUT2D eigenvalue weighted by atomic mass is 10.1. The SMILES string of the molecule is CCC(C)N1C(=O)/C(=C\c2c(N3CCN(Cc4ccccc4)CC3)nc3c(C)cccn3c2=O)SC1=S. The van der Waals surface area contributed by atoms with Crippen molar-refractivity contribution in [3.05, 3.63) is 80.6 Å². The Balaban J connectivity index is 1.50. The number of nitrogens with zero attached hydrogens (tertiary/aromatic N) is 5. The Bertz CT molecular complexity index is 1430. The number of pyridine rings is 1. The van der Waals surface area contributed by atoms with Crippen LogP contribution >= 0.6 is 24.0 Å². The zero-order valence-electron chi connectivity index (χ0n) is 21.4. The minimum absolute atomic E-state index is 0.00837. The van der Waals surface area contributed by atoms with Gasteiger partial charge in [-0.05, 0) is 43.5 Å². The summed E-state index contributed by atoms with van der Waals surface area (Å²) in [7, 11) is 0. The van der Waals surface area contributed by atoms with E-state index in [1.807, 2.05) is 39.0 Å². The van der Waals surface area contributed by atoms with Gasteiger partial charge in [0.15, 0.2) is 0 Å². The van der Waals surface area contributed by atoms with E-state index in [2.05, 4.69) is 34.1 Å². The number of carbonyl (C=O) groups excluding carboxylic acids is 1. The first kappa shape index (κ1) is 25.6. The first-order chi connectivity index (χ1) is 17.9. The maximum Gasteiger partial charge on any atom is 0.267 e. The fourth-order valence-corrected chi connectivity index (χ4v) is 6.24. The molecule has 2 aromatic heterocycles. The van der Waals surface area contributed by atoms with E-state index in [4.69, 9.17) is 17.2 Å². The van der Waals surface area contributed by atoms with Crippen LogP contribution in [-0.4, -0.2) is 61.6 Å². The molecule has 192 valence electrons. The molecule has 2 saturated heterocycles. The van der Waals surface area contributed by atoms with Gasteiger partial charge in [-0.1, -0.05) is 67.3 Å². The first-order valence-corrected chi connectivity index (χ1v) is 13.9. The van der Waals surface area contributed by atoms with Crippen LogP contribution in [0.1, 0.15) is 37.0 Å². The highest BCUT2D eigenvalue weighted by Crippen LogP contribution is 2.35. The van der Waals surface area contributed by atoms with E-state index in [0.29, 0.717) is 26.3 Å². The second kappa shape index (κ2) is 10.8. The number of carbonyl (C=O) groups is 1. The predicted molar refractivity (Wildman–Crippen MR) is 155 cm³/mol. The van der Waals surface area contributed by atoms with Gasteiger partial charge in [-0.2, -0.15) is 0 Å². The predicted octanol–water partition coefficient (Wildman–Crippen LogP) is 4.32. The van der Waals surface area contributed by atoms with E-state index in [-0.39, 0.29) is 17.5 Å². The molecule has 0 saturated carbocycles. The van der Waals surface area contributed by atoms with Gasteiger partial charge in [0.2, 0.25) is 0 Å². The summed E-state index contributed by atoms with van der Waals surface area (Å²) >= 11 is 6.78. The normalized spacial score (nSPS) is 18.8. The number of rotatable bonds is 6. The number of amides is 1. The van der Waals surface area contributed by atoms with Gasteiger partial charge in [-0.25, -0.2) is 4.98 Å². The van der Waals surface area contributed by atoms with Gasteiger partial charge in [0.25, 0.3) is 11.5 Å². The fraction of sp³-hybridized carbons (Fsp3) is 0.357. The van der Waals surface area contributed by atoms with Crippen molar-refractivity contribution in [1.82, 2.24) is 19.2 Å². The number of aryl methyl sites for hydroxylation is 1. The monoisotopic (exact) mass is 533 g/mol. The number of benzene rings is 1. The number of thiocarbonyl (C=S) groups is 1. The molecule has 0 N–H and O–H groups in total. The Morgan fingerprint density at radius 3 is 2.51 bits per heavy atom. The van der Waals surface area contributed by atoms with Crippen LogP contribution in [-0.2, 0) is 11.3 Å². The number of hydrogen-bond donors (Lipinski definition) is 0. The lowest BCUT2D eigenvalue weighted by Crippen LogP contribution is -2.47. The molecule has 2 aliphatic rings. The van der Waals surface area contributed by atoms with Crippen LogP contribution in [0.3, 0.4) is 0 Å². The average Bonchev–Trinajstić information content (AvgIpc) is 3.19. The molecule has 5 rings (SSSR count). The summed E-state index contributed by atoms with van der Waals surface area (Å²) in [6, 6.07) is 14.3. The van der Waals surface area contributed by atoms with E-state index in [0.717, 1.165) is 44.7 Å². The van der Waals surface area contributed by atoms with E-state index in [9.17, 15) is 9.59 Å². The highest BCUT2D eigenvalue weighted by molar-refractivity contribution is 8.26. The molecule has 3 aromatic rings. The van der Waals surface area contributed by atoms with Crippen LogP contribution in [0.15, 0.2) is 58.4 Å². The summed E-state index contributed by atoms with van der Waals surface area (Å²) in [5.74, 6) is 0.490. The molecule has 0 radical (unpaired) electrons. The molecular weight excluding hydrogens is 502 g/mol. The Morgan fingerprint density at radius 1 is 1.08 bits per heavy atom. The molecule has 37 heavy (non-hydrogen) atoms. The van der Waals surface area contributed by atoms with Crippen LogP contribution in [0.25, 0.3) is 11.7 Å². The molecular formula is C28H31N5O2S2. The molecule has 2 aliphatic heterocycles. The molecule has 0 aliphatic carbocycles. The molecule has 1 unspecified atom stereocenters. The van der Waals surface area contributed by atoms with E-state index in [1.54, 1.807) is 21.6 Å². The molecule has 9 heteroatoms. The molecule has 0 bridgehead atoms. The van der Waals surface area contributed by atoms with Crippen LogP contribution in [0.4, 0.5) is 5.82 Å². The van der Waals surface area contributed by atoms with Gasteiger partial charge in [0.1, 0.15) is 15.8 Å². The van der Waals surface area contributed by atoms with Crippen molar-refractivity contribution in [3.8, 4) is 0 Å². The summed E-state index contributed by atoms with van der Waals surface area (Å²) in [5, 5.41) is 0. The van der Waals surface area contributed by atoms with Crippen molar-refractivity contribution in [2.45, 2.75) is 39.8 Å². The number of aromatic nitrogens is 2. The Kier molecular flexibility index (Phi) is 7.46. The third kappa shape index (κ3) is 5.08. The van der Waals surface area contributed by atoms with Crippen molar-refractivity contribution in [3.63, 3.8) is 0 Å². The molecule has 1 atom stereocenters. The fourth-order valence-electron chi connectivity index (χ4n) is 4.80. The van der Waals surface area contributed by atoms with Crippen LogP contribution in [0.2, 0.25) is 0 Å². The highest BCUT2D eigenvalue weighted by Gasteiger charge is 2.35. The molecule has 7 nitrogen and oxygen atoms in total. The lowest BCUT2D eigenvalue weighted by molar-refractivity contribution is -0.123. The summed E-state index contributed by atoms with van der Waals surface area (Å²) in [6.07, 6.45) is 4.25. The van der Waals surface area contributed by atoms with Gasteiger partial charge in [0, 0.05) is 45.0 Å². The molecule has 4 heterocycles.